The van der Waals surface area contributed by atoms with Crippen LogP contribution in [-0.2, 0) is 5.41 Å². The number of rotatable bonds is 5. The molecule has 0 atom stereocenters. The zero-order valence-corrected chi connectivity index (χ0v) is 26.6. The van der Waals surface area contributed by atoms with E-state index in [-0.39, 0.29) is 5.41 Å². The van der Waals surface area contributed by atoms with E-state index >= 15 is 0 Å². The van der Waals surface area contributed by atoms with Gasteiger partial charge in [0.2, 0.25) is 0 Å². The van der Waals surface area contributed by atoms with Gasteiger partial charge in [-0.2, -0.15) is 0 Å². The Morgan fingerprint density at radius 2 is 0.936 bits per heavy atom. The molecule has 9 rings (SSSR count). The Bertz CT molecular complexity index is 2340. The van der Waals surface area contributed by atoms with Crippen molar-refractivity contribution in [1.29, 1.82) is 0 Å². The van der Waals surface area contributed by atoms with Crippen molar-refractivity contribution < 1.29 is 0 Å². The Hall–Kier alpha value is -5.86. The lowest BCUT2D eigenvalue weighted by molar-refractivity contribution is 0.660. The van der Waals surface area contributed by atoms with E-state index in [0.717, 1.165) is 17.1 Å². The Labute approximate surface area is 275 Å². The average Bonchev–Trinajstić information content (AvgIpc) is 3.58. The summed E-state index contributed by atoms with van der Waals surface area (Å²) < 4.78 is 2.42. The third-order valence-electron chi connectivity index (χ3n) is 9.96. The van der Waals surface area contributed by atoms with Crippen LogP contribution in [0.4, 0.5) is 17.1 Å². The van der Waals surface area contributed by atoms with Crippen LogP contribution in [-0.4, -0.2) is 4.57 Å². The number of anilines is 3. The molecule has 7 aromatic carbocycles. The van der Waals surface area contributed by atoms with E-state index in [1.807, 2.05) is 0 Å². The molecule has 0 radical (unpaired) electrons. The fraction of sp³-hybridized carbons (Fsp3) is 0.0667. The van der Waals surface area contributed by atoms with Crippen LogP contribution in [0.3, 0.4) is 0 Å². The zero-order chi connectivity index (χ0) is 31.5. The van der Waals surface area contributed by atoms with Crippen LogP contribution in [0.2, 0.25) is 0 Å². The second-order valence-electron chi connectivity index (χ2n) is 13.0. The van der Waals surface area contributed by atoms with Gasteiger partial charge in [0.1, 0.15) is 0 Å². The average molecular weight is 603 g/mol. The van der Waals surface area contributed by atoms with Gasteiger partial charge in [0.25, 0.3) is 0 Å². The largest absolute Gasteiger partial charge is 0.310 e. The van der Waals surface area contributed by atoms with E-state index < -0.39 is 0 Å². The quantitative estimate of drug-likeness (QED) is 0.190. The zero-order valence-electron chi connectivity index (χ0n) is 26.6. The first-order chi connectivity index (χ1) is 23.1. The van der Waals surface area contributed by atoms with Crippen molar-refractivity contribution in [3.8, 4) is 27.9 Å². The molecule has 0 amide bonds. The second-order valence-corrected chi connectivity index (χ2v) is 13.0. The minimum atomic E-state index is -0.146. The van der Waals surface area contributed by atoms with Crippen molar-refractivity contribution in [2.75, 3.05) is 4.90 Å². The van der Waals surface area contributed by atoms with E-state index in [2.05, 4.69) is 193 Å². The van der Waals surface area contributed by atoms with Gasteiger partial charge in [-0.25, -0.2) is 0 Å². The molecule has 2 heteroatoms. The molecule has 1 heterocycles. The molecule has 2 nitrogen and oxygen atoms in total. The lowest BCUT2D eigenvalue weighted by Gasteiger charge is -2.26. The summed E-state index contributed by atoms with van der Waals surface area (Å²) in [5, 5.41) is 2.58. The van der Waals surface area contributed by atoms with E-state index in [4.69, 9.17) is 0 Å². The molecule has 8 aromatic rings. The molecule has 0 saturated heterocycles. The third kappa shape index (κ3) is 4.33. The fourth-order valence-electron chi connectivity index (χ4n) is 7.67. The van der Waals surface area contributed by atoms with Crippen molar-refractivity contribution in [3.63, 3.8) is 0 Å². The molecule has 0 fully saturated rings. The molecule has 47 heavy (non-hydrogen) atoms. The maximum atomic E-state index is 2.42. The first-order valence-corrected chi connectivity index (χ1v) is 16.4. The van der Waals surface area contributed by atoms with Crippen LogP contribution in [0.25, 0.3) is 49.7 Å². The van der Waals surface area contributed by atoms with Crippen molar-refractivity contribution in [2.45, 2.75) is 19.3 Å². The SMILES string of the molecule is CC1(C)c2cc(-c3cccc(N(c4ccccc4)c4ccccc4)c3)ccc2-c2ccc(-n3c4ccccc4c4ccccc43)cc21. The van der Waals surface area contributed by atoms with Gasteiger partial charge in [0.05, 0.1) is 11.0 Å². The molecule has 0 spiro atoms. The number of hydrogen-bond acceptors (Lipinski definition) is 1. The number of nitrogens with zero attached hydrogens (tertiary/aromatic N) is 2. The van der Waals surface area contributed by atoms with Crippen LogP contribution in [0, 0.1) is 0 Å². The molecule has 1 aliphatic rings. The number of aromatic nitrogens is 1. The molecular weight excluding hydrogens is 569 g/mol. The highest BCUT2D eigenvalue weighted by molar-refractivity contribution is 6.09. The second kappa shape index (κ2) is 10.6. The Kier molecular flexibility index (Phi) is 6.20. The summed E-state index contributed by atoms with van der Waals surface area (Å²) in [6, 6.07) is 61.7. The summed E-state index contributed by atoms with van der Waals surface area (Å²) in [5.41, 5.74) is 14.8. The molecule has 1 aromatic heterocycles. The highest BCUT2D eigenvalue weighted by Crippen LogP contribution is 2.51. The van der Waals surface area contributed by atoms with Gasteiger partial charge in [-0.05, 0) is 100 Å². The van der Waals surface area contributed by atoms with Gasteiger partial charge < -0.3 is 9.47 Å². The maximum absolute atomic E-state index is 2.42. The summed E-state index contributed by atoms with van der Waals surface area (Å²) in [6.07, 6.45) is 0. The van der Waals surface area contributed by atoms with Gasteiger partial charge in [-0.3, -0.25) is 0 Å². The number of fused-ring (bicyclic) bond motifs is 6. The van der Waals surface area contributed by atoms with Gasteiger partial charge >= 0.3 is 0 Å². The first kappa shape index (κ1) is 27.5. The minimum absolute atomic E-state index is 0.146. The minimum Gasteiger partial charge on any atom is -0.310 e. The summed E-state index contributed by atoms with van der Waals surface area (Å²) in [5.74, 6) is 0. The van der Waals surface area contributed by atoms with Gasteiger partial charge in [-0.15, -0.1) is 0 Å². The van der Waals surface area contributed by atoms with Gasteiger partial charge in [0, 0.05) is 38.9 Å². The molecule has 0 saturated carbocycles. The predicted octanol–water partition coefficient (Wildman–Crippen LogP) is 12.2. The van der Waals surface area contributed by atoms with Crippen molar-refractivity contribution >= 4 is 38.9 Å². The van der Waals surface area contributed by atoms with Gasteiger partial charge in [0.15, 0.2) is 0 Å². The van der Waals surface area contributed by atoms with Crippen LogP contribution < -0.4 is 4.90 Å². The predicted molar refractivity (Wildman–Crippen MR) is 198 cm³/mol. The molecule has 0 bridgehead atoms. The van der Waals surface area contributed by atoms with Crippen LogP contribution in [0.1, 0.15) is 25.0 Å². The molecule has 0 aliphatic heterocycles. The number of benzene rings is 7. The molecule has 224 valence electrons. The summed E-state index contributed by atoms with van der Waals surface area (Å²) >= 11 is 0. The third-order valence-corrected chi connectivity index (χ3v) is 9.96. The van der Waals surface area contributed by atoms with Crippen LogP contribution in [0.15, 0.2) is 170 Å². The lowest BCUT2D eigenvalue weighted by atomic mass is 9.81. The molecule has 0 N–H and O–H groups in total. The van der Waals surface area contributed by atoms with E-state index in [0.29, 0.717) is 0 Å². The van der Waals surface area contributed by atoms with E-state index in [9.17, 15) is 0 Å². The van der Waals surface area contributed by atoms with Crippen molar-refractivity contribution in [1.82, 2.24) is 4.57 Å². The molecule has 0 unspecified atom stereocenters. The van der Waals surface area contributed by atoms with Crippen molar-refractivity contribution in [2.24, 2.45) is 0 Å². The van der Waals surface area contributed by atoms with E-state index in [1.54, 1.807) is 0 Å². The number of para-hydroxylation sites is 4. The standard InChI is InChI=1S/C45H34N2/c1-45(2)41-29-32(31-14-13-19-35(28-31)46(33-15-5-3-6-16-33)34-17-7-4-8-18-34)24-26-37(41)38-27-25-36(30-42(38)45)47-43-22-11-9-20-39(43)40-21-10-12-23-44(40)47/h3-30H,1-2H3. The van der Waals surface area contributed by atoms with Crippen molar-refractivity contribution in [3.05, 3.63) is 181 Å². The Morgan fingerprint density at radius 1 is 0.426 bits per heavy atom. The first-order valence-electron chi connectivity index (χ1n) is 16.4. The summed E-state index contributed by atoms with van der Waals surface area (Å²) in [6.45, 7) is 4.75. The maximum Gasteiger partial charge on any atom is 0.0541 e. The summed E-state index contributed by atoms with van der Waals surface area (Å²) in [4.78, 5) is 2.33. The van der Waals surface area contributed by atoms with Crippen LogP contribution in [0.5, 0.6) is 0 Å². The smallest absolute Gasteiger partial charge is 0.0541 e. The van der Waals surface area contributed by atoms with E-state index in [1.165, 1.54) is 60.9 Å². The van der Waals surface area contributed by atoms with Crippen LogP contribution >= 0.6 is 0 Å². The highest BCUT2D eigenvalue weighted by atomic mass is 15.1. The topological polar surface area (TPSA) is 8.17 Å². The highest BCUT2D eigenvalue weighted by Gasteiger charge is 2.36. The normalized spacial score (nSPS) is 13.1. The lowest BCUT2D eigenvalue weighted by Crippen LogP contribution is -2.15. The summed E-state index contributed by atoms with van der Waals surface area (Å²) in [7, 11) is 0. The Morgan fingerprint density at radius 3 is 1.57 bits per heavy atom. The monoisotopic (exact) mass is 602 g/mol. The fourth-order valence-corrected chi connectivity index (χ4v) is 7.67. The Balaban J connectivity index is 1.13. The molecule has 1 aliphatic carbocycles. The number of hydrogen-bond donors (Lipinski definition) is 0. The van der Waals surface area contributed by atoms with Gasteiger partial charge in [-0.1, -0.05) is 117 Å². The molecular formula is C45H34N2.